The predicted octanol–water partition coefficient (Wildman–Crippen LogP) is 1.81. The maximum Gasteiger partial charge on any atom is 0.0916 e. The summed E-state index contributed by atoms with van der Waals surface area (Å²) in [5.41, 5.74) is 0.988. The zero-order valence-corrected chi connectivity index (χ0v) is 10.8. The lowest BCUT2D eigenvalue weighted by Crippen LogP contribution is -2.38. The van der Waals surface area contributed by atoms with Crippen LogP contribution in [0.5, 0.6) is 0 Å². The first-order valence-corrected chi connectivity index (χ1v) is 6.86. The lowest BCUT2D eigenvalue weighted by molar-refractivity contribution is 0.0781. The molecule has 0 amide bonds. The molecule has 0 spiro atoms. The molecule has 1 aliphatic rings. The van der Waals surface area contributed by atoms with Crippen LogP contribution >= 0.6 is 0 Å². The second kappa shape index (κ2) is 6.88. The topological polar surface area (TPSA) is 43.7 Å². The molecule has 2 N–H and O–H groups in total. The van der Waals surface area contributed by atoms with Gasteiger partial charge in [0.2, 0.25) is 0 Å². The third-order valence-electron chi connectivity index (χ3n) is 3.76. The van der Waals surface area contributed by atoms with Crippen LogP contribution in [-0.2, 0) is 0 Å². The Morgan fingerprint density at radius 3 is 2.78 bits per heavy atom. The highest BCUT2D eigenvalue weighted by Gasteiger charge is 2.21. The fourth-order valence-electron chi connectivity index (χ4n) is 2.76. The van der Waals surface area contributed by atoms with E-state index in [1.807, 2.05) is 30.3 Å². The summed E-state index contributed by atoms with van der Waals surface area (Å²) in [7, 11) is 0. The molecule has 0 saturated carbocycles. The number of aliphatic hydroxyl groups excluding tert-OH is 2. The van der Waals surface area contributed by atoms with Gasteiger partial charge in [0, 0.05) is 19.7 Å². The number of benzene rings is 1. The molecule has 0 aliphatic carbocycles. The van der Waals surface area contributed by atoms with Gasteiger partial charge in [-0.2, -0.15) is 0 Å². The van der Waals surface area contributed by atoms with Crippen molar-refractivity contribution in [3.05, 3.63) is 35.9 Å². The van der Waals surface area contributed by atoms with Crippen LogP contribution in [-0.4, -0.2) is 41.4 Å². The standard InChI is InChI=1S/C15H23NO2/c17-10-8-13-5-4-9-16(11-13)12-15(18)14-6-2-1-3-7-14/h1-3,6-7,13,15,17-18H,4-5,8-12H2. The quantitative estimate of drug-likeness (QED) is 0.836. The van der Waals surface area contributed by atoms with E-state index in [4.69, 9.17) is 5.11 Å². The average molecular weight is 249 g/mol. The van der Waals surface area contributed by atoms with Gasteiger partial charge >= 0.3 is 0 Å². The highest BCUT2D eigenvalue weighted by atomic mass is 16.3. The number of likely N-dealkylation sites (tertiary alicyclic amines) is 1. The zero-order chi connectivity index (χ0) is 12.8. The molecule has 2 atom stereocenters. The molecule has 1 heterocycles. The number of nitrogens with zero attached hydrogens (tertiary/aromatic N) is 1. The van der Waals surface area contributed by atoms with Crippen LogP contribution in [0.3, 0.4) is 0 Å². The molecule has 1 saturated heterocycles. The highest BCUT2D eigenvalue weighted by Crippen LogP contribution is 2.22. The molecule has 3 heteroatoms. The number of β-amino-alcohol motifs (C(OH)–C–C–N with tert-alkyl or cyclic N) is 1. The van der Waals surface area contributed by atoms with E-state index in [0.29, 0.717) is 12.5 Å². The molecule has 2 rings (SSSR count). The van der Waals surface area contributed by atoms with Crippen molar-refractivity contribution in [1.82, 2.24) is 4.90 Å². The van der Waals surface area contributed by atoms with Gasteiger partial charge in [-0.25, -0.2) is 0 Å². The Bertz CT molecular complexity index is 340. The molecule has 18 heavy (non-hydrogen) atoms. The Balaban J connectivity index is 1.85. The maximum atomic E-state index is 10.2. The zero-order valence-electron chi connectivity index (χ0n) is 10.8. The average Bonchev–Trinajstić information content (AvgIpc) is 2.40. The van der Waals surface area contributed by atoms with Crippen LogP contribution in [0.15, 0.2) is 30.3 Å². The Morgan fingerprint density at radius 2 is 2.06 bits per heavy atom. The lowest BCUT2D eigenvalue weighted by Gasteiger charge is -2.33. The summed E-state index contributed by atoms with van der Waals surface area (Å²) in [6.07, 6.45) is 2.86. The van der Waals surface area contributed by atoms with Crippen molar-refractivity contribution >= 4 is 0 Å². The molecule has 0 radical (unpaired) electrons. The molecule has 3 nitrogen and oxygen atoms in total. The van der Waals surface area contributed by atoms with Crippen LogP contribution in [0, 0.1) is 5.92 Å². The molecule has 1 aliphatic heterocycles. The van der Waals surface area contributed by atoms with Crippen molar-refractivity contribution in [2.75, 3.05) is 26.2 Å². The first-order valence-electron chi connectivity index (χ1n) is 6.86. The summed E-state index contributed by atoms with van der Waals surface area (Å²) in [4.78, 5) is 2.32. The number of hydrogen-bond donors (Lipinski definition) is 2. The van der Waals surface area contributed by atoms with Crippen LogP contribution in [0.4, 0.5) is 0 Å². The van der Waals surface area contributed by atoms with Gasteiger partial charge in [-0.1, -0.05) is 30.3 Å². The van der Waals surface area contributed by atoms with Crippen molar-refractivity contribution in [2.24, 2.45) is 5.92 Å². The van der Waals surface area contributed by atoms with E-state index in [9.17, 15) is 5.11 Å². The predicted molar refractivity (Wildman–Crippen MR) is 72.3 cm³/mol. The molecule has 1 aromatic carbocycles. The summed E-state index contributed by atoms with van der Waals surface area (Å²) < 4.78 is 0. The third kappa shape index (κ3) is 3.80. The van der Waals surface area contributed by atoms with Crippen molar-refractivity contribution in [3.63, 3.8) is 0 Å². The number of piperidine rings is 1. The molecule has 2 unspecified atom stereocenters. The molecular weight excluding hydrogens is 226 g/mol. The van der Waals surface area contributed by atoms with Gasteiger partial charge in [0.05, 0.1) is 6.10 Å². The third-order valence-corrected chi connectivity index (χ3v) is 3.76. The number of aliphatic hydroxyl groups is 2. The van der Waals surface area contributed by atoms with Gasteiger partial charge in [0.15, 0.2) is 0 Å². The Labute approximate surface area is 109 Å². The Kier molecular flexibility index (Phi) is 5.17. The minimum absolute atomic E-state index is 0.278. The number of hydrogen-bond acceptors (Lipinski definition) is 3. The van der Waals surface area contributed by atoms with Crippen molar-refractivity contribution in [1.29, 1.82) is 0 Å². The second-order valence-electron chi connectivity index (χ2n) is 5.21. The molecule has 0 aromatic heterocycles. The van der Waals surface area contributed by atoms with Gasteiger partial charge in [0.1, 0.15) is 0 Å². The monoisotopic (exact) mass is 249 g/mol. The molecule has 1 fully saturated rings. The van der Waals surface area contributed by atoms with E-state index in [1.54, 1.807) is 0 Å². The molecular formula is C15H23NO2. The molecule has 0 bridgehead atoms. The summed E-state index contributed by atoms with van der Waals surface area (Å²) in [5.74, 6) is 0.590. The second-order valence-corrected chi connectivity index (χ2v) is 5.21. The van der Waals surface area contributed by atoms with Gasteiger partial charge in [0.25, 0.3) is 0 Å². The van der Waals surface area contributed by atoms with E-state index in [-0.39, 0.29) is 6.61 Å². The minimum Gasteiger partial charge on any atom is -0.396 e. The molecule has 100 valence electrons. The van der Waals surface area contributed by atoms with Crippen molar-refractivity contribution < 1.29 is 10.2 Å². The molecule has 1 aromatic rings. The Morgan fingerprint density at radius 1 is 1.28 bits per heavy atom. The lowest BCUT2D eigenvalue weighted by atomic mass is 9.94. The van der Waals surface area contributed by atoms with Gasteiger partial charge < -0.3 is 15.1 Å². The van der Waals surface area contributed by atoms with E-state index in [1.165, 1.54) is 12.8 Å². The summed E-state index contributed by atoms with van der Waals surface area (Å²) in [5, 5.41) is 19.2. The van der Waals surface area contributed by atoms with Gasteiger partial charge in [-0.15, -0.1) is 0 Å². The van der Waals surface area contributed by atoms with E-state index in [0.717, 1.165) is 25.1 Å². The van der Waals surface area contributed by atoms with Crippen LogP contribution < -0.4 is 0 Å². The first kappa shape index (κ1) is 13.5. The smallest absolute Gasteiger partial charge is 0.0916 e. The van der Waals surface area contributed by atoms with E-state index in [2.05, 4.69) is 4.90 Å². The first-order chi connectivity index (χ1) is 8.79. The fraction of sp³-hybridized carbons (Fsp3) is 0.600. The van der Waals surface area contributed by atoms with Crippen LogP contribution in [0.1, 0.15) is 30.9 Å². The van der Waals surface area contributed by atoms with E-state index < -0.39 is 6.10 Å². The van der Waals surface area contributed by atoms with Gasteiger partial charge in [-0.3, -0.25) is 0 Å². The fourth-order valence-corrected chi connectivity index (χ4v) is 2.76. The largest absolute Gasteiger partial charge is 0.396 e. The maximum absolute atomic E-state index is 10.2. The van der Waals surface area contributed by atoms with Crippen molar-refractivity contribution in [2.45, 2.75) is 25.4 Å². The minimum atomic E-state index is -0.404. The van der Waals surface area contributed by atoms with E-state index >= 15 is 0 Å². The van der Waals surface area contributed by atoms with Crippen molar-refractivity contribution in [3.8, 4) is 0 Å². The number of rotatable bonds is 5. The Hall–Kier alpha value is -0.900. The summed E-state index contributed by atoms with van der Waals surface area (Å²) in [6.45, 7) is 3.04. The van der Waals surface area contributed by atoms with Crippen LogP contribution in [0.2, 0.25) is 0 Å². The van der Waals surface area contributed by atoms with Gasteiger partial charge in [-0.05, 0) is 37.3 Å². The van der Waals surface area contributed by atoms with Crippen LogP contribution in [0.25, 0.3) is 0 Å². The SMILES string of the molecule is OCCC1CCCN(CC(O)c2ccccc2)C1. The normalized spacial score (nSPS) is 22.9. The highest BCUT2D eigenvalue weighted by molar-refractivity contribution is 5.17. The summed E-state index contributed by atoms with van der Waals surface area (Å²) >= 11 is 0. The summed E-state index contributed by atoms with van der Waals surface area (Å²) in [6, 6.07) is 9.83.